The molecule has 1 aliphatic heterocycles. The van der Waals surface area contributed by atoms with Crippen LogP contribution in [0, 0.1) is 5.82 Å². The Bertz CT molecular complexity index is 1200. The van der Waals surface area contributed by atoms with Crippen LogP contribution in [0.2, 0.25) is 0 Å². The molecule has 0 aliphatic carbocycles. The molecule has 0 saturated heterocycles. The molecule has 1 aromatic heterocycles. The lowest BCUT2D eigenvalue weighted by molar-refractivity contribution is 0.483. The van der Waals surface area contributed by atoms with Crippen LogP contribution in [0.25, 0.3) is 23.1 Å². The van der Waals surface area contributed by atoms with Crippen molar-refractivity contribution in [3.8, 4) is 11.5 Å². The van der Waals surface area contributed by atoms with E-state index >= 15 is 0 Å². The van der Waals surface area contributed by atoms with E-state index in [-0.39, 0.29) is 5.82 Å². The number of fused-ring (bicyclic) bond motifs is 3. The van der Waals surface area contributed by atoms with Crippen LogP contribution >= 0.6 is 11.8 Å². The summed E-state index contributed by atoms with van der Waals surface area (Å²) in [5.74, 6) is 2.46. The summed E-state index contributed by atoms with van der Waals surface area (Å²) in [6.07, 6.45) is 5.02. The maximum absolute atomic E-state index is 13.1. The van der Waals surface area contributed by atoms with Crippen molar-refractivity contribution in [2.45, 2.75) is 11.3 Å². The zero-order valence-corrected chi connectivity index (χ0v) is 16.5. The summed E-state index contributed by atoms with van der Waals surface area (Å²) in [5, 5.41) is 1.13. The zero-order chi connectivity index (χ0) is 19.6. The third-order valence-electron chi connectivity index (χ3n) is 4.92. The summed E-state index contributed by atoms with van der Waals surface area (Å²) in [6, 6.07) is 22.4. The summed E-state index contributed by atoms with van der Waals surface area (Å²) in [5.41, 5.74) is 4.17. The minimum atomic E-state index is -0.225. The van der Waals surface area contributed by atoms with Gasteiger partial charge in [-0.3, -0.25) is 0 Å². The number of ether oxygens (including phenoxy) is 1. The first kappa shape index (κ1) is 18.0. The first-order chi connectivity index (χ1) is 14.3. The molecule has 5 rings (SSSR count). The van der Waals surface area contributed by atoms with Crippen LogP contribution in [0.4, 0.5) is 4.39 Å². The van der Waals surface area contributed by atoms with E-state index in [0.717, 1.165) is 45.8 Å². The molecule has 0 saturated carbocycles. The smallest absolute Gasteiger partial charge is 0.128 e. The second kappa shape index (κ2) is 7.72. The summed E-state index contributed by atoms with van der Waals surface area (Å²) >= 11 is 1.87. The minimum absolute atomic E-state index is 0.225. The molecule has 1 aliphatic rings. The highest BCUT2D eigenvalue weighted by atomic mass is 32.2. The standard InChI is InChI=1S/C25H18FNOS/c26-18-9-6-17(7-10-18)8-12-23-21-14-15-29-25(21)22-16-20(11-13-24(22)27-23)28-19-4-2-1-3-5-19/h1-13,16H,14-15H2. The molecule has 29 heavy (non-hydrogen) atoms. The van der Waals surface area contributed by atoms with Crippen LogP contribution in [0.15, 0.2) is 77.7 Å². The van der Waals surface area contributed by atoms with Gasteiger partial charge in [-0.1, -0.05) is 36.4 Å². The minimum Gasteiger partial charge on any atom is -0.457 e. The van der Waals surface area contributed by atoms with Crippen LogP contribution in [-0.4, -0.2) is 10.7 Å². The van der Waals surface area contributed by atoms with E-state index in [0.29, 0.717) is 0 Å². The molecule has 0 spiro atoms. The Morgan fingerprint density at radius 1 is 0.897 bits per heavy atom. The van der Waals surface area contributed by atoms with Crippen LogP contribution in [0.3, 0.4) is 0 Å². The average Bonchev–Trinajstić information content (AvgIpc) is 3.25. The molecule has 4 aromatic rings. The number of hydrogen-bond acceptors (Lipinski definition) is 3. The predicted molar refractivity (Wildman–Crippen MR) is 118 cm³/mol. The van der Waals surface area contributed by atoms with Gasteiger partial charge in [-0.05, 0) is 66.1 Å². The molecule has 4 heteroatoms. The highest BCUT2D eigenvalue weighted by Gasteiger charge is 2.20. The van der Waals surface area contributed by atoms with Crippen molar-refractivity contribution in [1.82, 2.24) is 4.98 Å². The molecule has 0 N–H and O–H groups in total. The van der Waals surface area contributed by atoms with Gasteiger partial charge in [0, 0.05) is 16.0 Å². The van der Waals surface area contributed by atoms with E-state index in [4.69, 9.17) is 9.72 Å². The largest absolute Gasteiger partial charge is 0.457 e. The Labute approximate surface area is 173 Å². The summed E-state index contributed by atoms with van der Waals surface area (Å²) in [6.45, 7) is 0. The average molecular weight is 399 g/mol. The van der Waals surface area contributed by atoms with E-state index in [9.17, 15) is 4.39 Å². The molecule has 0 fully saturated rings. The molecule has 0 atom stereocenters. The summed E-state index contributed by atoms with van der Waals surface area (Å²) in [7, 11) is 0. The van der Waals surface area contributed by atoms with Gasteiger partial charge in [0.2, 0.25) is 0 Å². The highest BCUT2D eigenvalue weighted by Crippen LogP contribution is 2.40. The van der Waals surface area contributed by atoms with Crippen LogP contribution in [0.1, 0.15) is 16.8 Å². The number of thioether (sulfide) groups is 1. The van der Waals surface area contributed by atoms with Gasteiger partial charge in [0.15, 0.2) is 0 Å². The number of pyridine rings is 1. The number of halogens is 1. The Kier molecular flexibility index (Phi) is 4.78. The van der Waals surface area contributed by atoms with Crippen molar-refractivity contribution in [2.75, 3.05) is 5.75 Å². The van der Waals surface area contributed by atoms with Gasteiger partial charge in [-0.15, -0.1) is 11.8 Å². The lowest BCUT2D eigenvalue weighted by Crippen LogP contribution is -1.94. The lowest BCUT2D eigenvalue weighted by atomic mass is 10.1. The van der Waals surface area contributed by atoms with Gasteiger partial charge in [-0.25, -0.2) is 9.37 Å². The topological polar surface area (TPSA) is 22.1 Å². The molecule has 3 aromatic carbocycles. The van der Waals surface area contributed by atoms with Crippen LogP contribution in [-0.2, 0) is 6.42 Å². The number of benzene rings is 3. The molecule has 0 unspecified atom stereocenters. The van der Waals surface area contributed by atoms with Gasteiger partial charge >= 0.3 is 0 Å². The third kappa shape index (κ3) is 3.76. The van der Waals surface area contributed by atoms with Crippen molar-refractivity contribution in [3.05, 3.63) is 95.4 Å². The lowest BCUT2D eigenvalue weighted by Gasteiger charge is -2.11. The monoisotopic (exact) mass is 399 g/mol. The van der Waals surface area contributed by atoms with Gasteiger partial charge in [-0.2, -0.15) is 0 Å². The fourth-order valence-corrected chi connectivity index (χ4v) is 4.72. The van der Waals surface area contributed by atoms with Crippen molar-refractivity contribution in [3.63, 3.8) is 0 Å². The third-order valence-corrected chi connectivity index (χ3v) is 6.08. The van der Waals surface area contributed by atoms with Gasteiger partial charge in [0.05, 0.1) is 11.2 Å². The highest BCUT2D eigenvalue weighted by molar-refractivity contribution is 7.99. The fourth-order valence-electron chi connectivity index (χ4n) is 3.51. The predicted octanol–water partition coefficient (Wildman–Crippen LogP) is 6.98. The van der Waals surface area contributed by atoms with Gasteiger partial charge in [0.25, 0.3) is 0 Å². The zero-order valence-electron chi connectivity index (χ0n) is 15.6. The number of aromatic nitrogens is 1. The molecule has 2 heterocycles. The molecule has 2 nitrogen and oxygen atoms in total. The molecule has 0 amide bonds. The Balaban J connectivity index is 1.52. The summed E-state index contributed by atoms with van der Waals surface area (Å²) < 4.78 is 19.1. The van der Waals surface area contributed by atoms with E-state index in [1.165, 1.54) is 22.6 Å². The molecule has 142 valence electrons. The second-order valence-electron chi connectivity index (χ2n) is 6.88. The molecule has 0 radical (unpaired) electrons. The number of nitrogens with zero attached hydrogens (tertiary/aromatic N) is 1. The first-order valence-electron chi connectivity index (χ1n) is 9.52. The Morgan fingerprint density at radius 3 is 2.55 bits per heavy atom. The number of rotatable bonds is 4. The molecular weight excluding hydrogens is 381 g/mol. The van der Waals surface area contributed by atoms with E-state index in [1.807, 2.05) is 66.4 Å². The number of hydrogen-bond donors (Lipinski definition) is 0. The SMILES string of the molecule is Fc1ccc(C=Cc2nc3ccc(Oc4ccccc4)cc3c3c2CCS3)cc1. The quantitative estimate of drug-likeness (QED) is 0.369. The molecular formula is C25H18FNOS. The fraction of sp³-hybridized carbons (Fsp3) is 0.0800. The second-order valence-corrected chi connectivity index (χ2v) is 7.99. The maximum atomic E-state index is 13.1. The Morgan fingerprint density at radius 2 is 1.72 bits per heavy atom. The maximum Gasteiger partial charge on any atom is 0.128 e. The van der Waals surface area contributed by atoms with Crippen molar-refractivity contribution in [1.29, 1.82) is 0 Å². The van der Waals surface area contributed by atoms with Crippen LogP contribution < -0.4 is 4.74 Å². The van der Waals surface area contributed by atoms with Crippen molar-refractivity contribution >= 4 is 34.8 Å². The van der Waals surface area contributed by atoms with E-state index in [2.05, 4.69) is 6.07 Å². The van der Waals surface area contributed by atoms with E-state index < -0.39 is 0 Å². The number of para-hydroxylation sites is 1. The first-order valence-corrected chi connectivity index (χ1v) is 10.5. The van der Waals surface area contributed by atoms with Crippen molar-refractivity contribution in [2.24, 2.45) is 0 Å². The Hall–Kier alpha value is -3.11. The van der Waals surface area contributed by atoms with Crippen LogP contribution in [0.5, 0.6) is 11.5 Å². The normalized spacial score (nSPS) is 13.1. The molecule has 0 bridgehead atoms. The van der Waals surface area contributed by atoms with Gasteiger partial charge in [0.1, 0.15) is 17.3 Å². The van der Waals surface area contributed by atoms with Gasteiger partial charge < -0.3 is 4.74 Å². The van der Waals surface area contributed by atoms with Crippen molar-refractivity contribution < 1.29 is 9.13 Å². The summed E-state index contributed by atoms with van der Waals surface area (Å²) in [4.78, 5) is 6.18. The van der Waals surface area contributed by atoms with E-state index in [1.54, 1.807) is 12.1 Å².